The predicted molar refractivity (Wildman–Crippen MR) is 48.2 cm³/mol. The Kier molecular flexibility index (Phi) is 3.53. The molecule has 0 unspecified atom stereocenters. The minimum absolute atomic E-state index is 0.303. The summed E-state index contributed by atoms with van der Waals surface area (Å²) in [4.78, 5) is 0. The number of hydrogen-bond donors (Lipinski definition) is 0. The van der Waals surface area contributed by atoms with Crippen LogP contribution in [0.15, 0.2) is 24.3 Å². The predicted octanol–water partition coefficient (Wildman–Crippen LogP) is 2.63. The smallest absolute Gasteiger partial charge is 0.183 e. The molecular weight excluding hydrogens is 176 g/mol. The Hall–Kier alpha value is -0.570. The van der Waals surface area contributed by atoms with Crippen LogP contribution in [0.2, 0.25) is 5.02 Å². The van der Waals surface area contributed by atoms with E-state index in [0.717, 1.165) is 5.56 Å². The Morgan fingerprint density at radius 1 is 1.08 bits per heavy atom. The van der Waals surface area contributed by atoms with Crippen LogP contribution in [0.3, 0.4) is 0 Å². The van der Waals surface area contributed by atoms with Gasteiger partial charge >= 0.3 is 0 Å². The van der Waals surface area contributed by atoms with E-state index in [4.69, 9.17) is 21.1 Å². The molecule has 2 nitrogen and oxygen atoms in total. The molecule has 0 bridgehead atoms. The Morgan fingerprint density at radius 3 is 2.00 bits per heavy atom. The second kappa shape index (κ2) is 4.45. The average Bonchev–Trinajstić information content (AvgIpc) is 2.10. The summed E-state index contributed by atoms with van der Waals surface area (Å²) in [5, 5.41) is 0.713. The Bertz CT molecular complexity index is 229. The SMILES string of the molecule is COC(OC)c1ccc(Cl)cc1. The van der Waals surface area contributed by atoms with Gasteiger partial charge in [0.05, 0.1) is 0 Å². The molecule has 0 aromatic heterocycles. The van der Waals surface area contributed by atoms with Gasteiger partial charge in [0.1, 0.15) is 0 Å². The van der Waals surface area contributed by atoms with Gasteiger partial charge in [-0.25, -0.2) is 0 Å². The van der Waals surface area contributed by atoms with Gasteiger partial charge in [-0.2, -0.15) is 0 Å². The summed E-state index contributed by atoms with van der Waals surface area (Å²) in [6, 6.07) is 7.36. The third-order valence-corrected chi connectivity index (χ3v) is 1.82. The summed E-state index contributed by atoms with van der Waals surface area (Å²) in [5.41, 5.74) is 0.962. The molecule has 66 valence electrons. The van der Waals surface area contributed by atoms with Gasteiger partial charge in [0.15, 0.2) is 6.29 Å². The molecule has 1 rings (SSSR count). The molecular formula is C9H11ClO2. The van der Waals surface area contributed by atoms with Gasteiger partial charge in [-0.05, 0) is 12.1 Å². The summed E-state index contributed by atoms with van der Waals surface area (Å²) < 4.78 is 10.1. The summed E-state index contributed by atoms with van der Waals surface area (Å²) in [5.74, 6) is 0. The molecule has 0 saturated carbocycles. The van der Waals surface area contributed by atoms with E-state index in [1.165, 1.54) is 0 Å². The lowest BCUT2D eigenvalue weighted by Gasteiger charge is -2.12. The lowest BCUT2D eigenvalue weighted by Crippen LogP contribution is -2.02. The van der Waals surface area contributed by atoms with Crippen LogP contribution in [0.25, 0.3) is 0 Å². The first-order chi connectivity index (χ1) is 5.77. The average molecular weight is 187 g/mol. The fourth-order valence-corrected chi connectivity index (χ4v) is 1.11. The van der Waals surface area contributed by atoms with Crippen molar-refractivity contribution in [3.05, 3.63) is 34.9 Å². The molecule has 1 aromatic carbocycles. The lowest BCUT2D eigenvalue weighted by molar-refractivity contribution is -0.106. The van der Waals surface area contributed by atoms with Gasteiger partial charge in [0.25, 0.3) is 0 Å². The zero-order valence-corrected chi connectivity index (χ0v) is 7.84. The first kappa shape index (κ1) is 9.52. The summed E-state index contributed by atoms with van der Waals surface area (Å²) in [6.07, 6.45) is -0.303. The Labute approximate surface area is 77.1 Å². The van der Waals surface area contributed by atoms with Crippen molar-refractivity contribution in [2.45, 2.75) is 6.29 Å². The van der Waals surface area contributed by atoms with Crippen molar-refractivity contribution in [1.29, 1.82) is 0 Å². The van der Waals surface area contributed by atoms with E-state index < -0.39 is 0 Å². The number of hydrogen-bond acceptors (Lipinski definition) is 2. The monoisotopic (exact) mass is 186 g/mol. The molecule has 0 aliphatic carbocycles. The van der Waals surface area contributed by atoms with E-state index in [-0.39, 0.29) is 6.29 Å². The van der Waals surface area contributed by atoms with Crippen LogP contribution in [0.5, 0.6) is 0 Å². The summed E-state index contributed by atoms with van der Waals surface area (Å²) in [6.45, 7) is 0. The van der Waals surface area contributed by atoms with Crippen molar-refractivity contribution in [3.63, 3.8) is 0 Å². The second-order valence-corrected chi connectivity index (χ2v) is 2.79. The maximum absolute atomic E-state index is 5.72. The molecule has 0 atom stereocenters. The lowest BCUT2D eigenvalue weighted by atomic mass is 10.2. The highest BCUT2D eigenvalue weighted by Gasteiger charge is 2.06. The van der Waals surface area contributed by atoms with Gasteiger partial charge in [0, 0.05) is 24.8 Å². The molecule has 0 aliphatic heterocycles. The van der Waals surface area contributed by atoms with Gasteiger partial charge in [-0.15, -0.1) is 0 Å². The fourth-order valence-electron chi connectivity index (χ4n) is 0.988. The third-order valence-electron chi connectivity index (χ3n) is 1.57. The number of ether oxygens (including phenoxy) is 2. The van der Waals surface area contributed by atoms with Gasteiger partial charge in [0.2, 0.25) is 0 Å². The normalized spacial score (nSPS) is 10.7. The van der Waals surface area contributed by atoms with Crippen LogP contribution in [0.4, 0.5) is 0 Å². The molecule has 0 saturated heterocycles. The Morgan fingerprint density at radius 2 is 1.58 bits per heavy atom. The van der Waals surface area contributed by atoms with E-state index >= 15 is 0 Å². The molecule has 0 spiro atoms. The number of benzene rings is 1. The van der Waals surface area contributed by atoms with Crippen LogP contribution in [-0.4, -0.2) is 14.2 Å². The highest BCUT2D eigenvalue weighted by atomic mass is 35.5. The van der Waals surface area contributed by atoms with E-state index in [9.17, 15) is 0 Å². The van der Waals surface area contributed by atoms with Crippen LogP contribution >= 0.6 is 11.6 Å². The molecule has 0 N–H and O–H groups in total. The zero-order valence-electron chi connectivity index (χ0n) is 7.08. The van der Waals surface area contributed by atoms with Crippen molar-refractivity contribution in [1.82, 2.24) is 0 Å². The summed E-state index contributed by atoms with van der Waals surface area (Å²) >= 11 is 5.72. The second-order valence-electron chi connectivity index (χ2n) is 2.35. The zero-order chi connectivity index (χ0) is 8.97. The van der Waals surface area contributed by atoms with E-state index in [1.54, 1.807) is 14.2 Å². The van der Waals surface area contributed by atoms with Crippen molar-refractivity contribution in [2.24, 2.45) is 0 Å². The van der Waals surface area contributed by atoms with E-state index in [1.807, 2.05) is 24.3 Å². The molecule has 0 radical (unpaired) electrons. The highest BCUT2D eigenvalue weighted by Crippen LogP contribution is 2.19. The molecule has 0 amide bonds. The van der Waals surface area contributed by atoms with E-state index in [2.05, 4.69) is 0 Å². The molecule has 0 aliphatic rings. The number of halogens is 1. The van der Waals surface area contributed by atoms with Crippen LogP contribution < -0.4 is 0 Å². The molecule has 3 heteroatoms. The fraction of sp³-hybridized carbons (Fsp3) is 0.333. The van der Waals surface area contributed by atoms with Crippen LogP contribution in [0.1, 0.15) is 11.9 Å². The number of rotatable bonds is 3. The minimum atomic E-state index is -0.303. The number of methoxy groups -OCH3 is 2. The first-order valence-electron chi connectivity index (χ1n) is 3.59. The minimum Gasteiger partial charge on any atom is -0.352 e. The largest absolute Gasteiger partial charge is 0.352 e. The van der Waals surface area contributed by atoms with Crippen LogP contribution in [-0.2, 0) is 9.47 Å². The van der Waals surface area contributed by atoms with E-state index in [0.29, 0.717) is 5.02 Å². The topological polar surface area (TPSA) is 18.5 Å². The van der Waals surface area contributed by atoms with Crippen molar-refractivity contribution in [3.8, 4) is 0 Å². The molecule has 12 heavy (non-hydrogen) atoms. The van der Waals surface area contributed by atoms with Crippen molar-refractivity contribution in [2.75, 3.05) is 14.2 Å². The molecule has 0 heterocycles. The standard InChI is InChI=1S/C9H11ClO2/c1-11-9(12-2)7-3-5-8(10)6-4-7/h3-6,9H,1-2H3. The summed E-state index contributed by atoms with van der Waals surface area (Å²) in [7, 11) is 3.20. The van der Waals surface area contributed by atoms with Crippen molar-refractivity contribution < 1.29 is 9.47 Å². The molecule has 1 aromatic rings. The quantitative estimate of drug-likeness (QED) is 0.676. The maximum Gasteiger partial charge on any atom is 0.183 e. The van der Waals surface area contributed by atoms with Gasteiger partial charge < -0.3 is 9.47 Å². The first-order valence-corrected chi connectivity index (χ1v) is 3.96. The third kappa shape index (κ3) is 2.21. The highest BCUT2D eigenvalue weighted by molar-refractivity contribution is 6.30. The Balaban J connectivity index is 2.80. The van der Waals surface area contributed by atoms with Gasteiger partial charge in [-0.1, -0.05) is 23.7 Å². The van der Waals surface area contributed by atoms with Gasteiger partial charge in [-0.3, -0.25) is 0 Å². The molecule has 0 fully saturated rings. The van der Waals surface area contributed by atoms with Crippen LogP contribution in [0, 0.1) is 0 Å². The maximum atomic E-state index is 5.72. The van der Waals surface area contributed by atoms with Crippen molar-refractivity contribution >= 4 is 11.6 Å².